The molecule has 1 saturated heterocycles. The second kappa shape index (κ2) is 7.41. The summed E-state index contributed by atoms with van der Waals surface area (Å²) in [6, 6.07) is 10.5. The van der Waals surface area contributed by atoms with Crippen molar-refractivity contribution < 1.29 is 20.1 Å². The molecule has 3 N–H and O–H groups in total. The molecule has 1 aliphatic heterocycles. The standard InChI is InChI=1S/C21H28O4S/c1-12-5-7-16(9-15(12)10-17-8-6-13(2)26-17)21(4)14(3)19(23)20(24)18(11-22)25-21/h5-9,14,18-20,22-24H,10-11H2,1-4H3/t14-,18-,19-,20-,21?/m1/s1. The summed E-state index contributed by atoms with van der Waals surface area (Å²) in [4.78, 5) is 2.61. The maximum Gasteiger partial charge on any atom is 0.110 e. The average Bonchev–Trinajstić information content (AvgIpc) is 3.03. The van der Waals surface area contributed by atoms with E-state index in [9.17, 15) is 15.3 Å². The van der Waals surface area contributed by atoms with Crippen LogP contribution < -0.4 is 0 Å². The number of ether oxygens (including phenoxy) is 1. The Morgan fingerprint density at radius 3 is 2.46 bits per heavy atom. The van der Waals surface area contributed by atoms with E-state index in [1.807, 2.05) is 19.9 Å². The van der Waals surface area contributed by atoms with E-state index in [0.717, 1.165) is 12.0 Å². The van der Waals surface area contributed by atoms with Crippen LogP contribution in [0.2, 0.25) is 0 Å². The van der Waals surface area contributed by atoms with Crippen LogP contribution in [0.25, 0.3) is 0 Å². The van der Waals surface area contributed by atoms with Crippen LogP contribution >= 0.6 is 11.3 Å². The van der Waals surface area contributed by atoms with E-state index in [4.69, 9.17) is 4.74 Å². The van der Waals surface area contributed by atoms with Gasteiger partial charge in [0.25, 0.3) is 0 Å². The van der Waals surface area contributed by atoms with E-state index in [1.165, 1.54) is 20.9 Å². The van der Waals surface area contributed by atoms with E-state index in [2.05, 4.69) is 38.1 Å². The number of aryl methyl sites for hydroxylation is 2. The summed E-state index contributed by atoms with van der Waals surface area (Å²) in [7, 11) is 0. The first-order valence-electron chi connectivity index (χ1n) is 9.06. The molecule has 1 aliphatic rings. The number of rotatable bonds is 4. The van der Waals surface area contributed by atoms with Gasteiger partial charge in [-0.3, -0.25) is 0 Å². The smallest absolute Gasteiger partial charge is 0.110 e. The predicted octanol–water partition coefficient (Wildman–Crippen LogP) is 2.92. The maximum atomic E-state index is 10.5. The fourth-order valence-corrected chi connectivity index (χ4v) is 4.66. The molecular weight excluding hydrogens is 348 g/mol. The third-order valence-electron chi connectivity index (χ3n) is 5.77. The second-order valence-corrected chi connectivity index (χ2v) is 8.92. The van der Waals surface area contributed by atoms with Crippen molar-refractivity contribution >= 4 is 11.3 Å². The summed E-state index contributed by atoms with van der Waals surface area (Å²) in [5.41, 5.74) is 2.62. The average molecular weight is 377 g/mol. The number of thiophene rings is 1. The molecule has 0 spiro atoms. The van der Waals surface area contributed by atoms with E-state index < -0.39 is 23.9 Å². The third-order valence-corrected chi connectivity index (χ3v) is 6.77. The normalized spacial score (nSPS) is 32.0. The SMILES string of the molecule is Cc1ccc(Cc2cc(C3(C)O[C@H](CO)[C@@H](O)[C@H](O)[C@H]3C)ccc2C)s1. The van der Waals surface area contributed by atoms with Crippen LogP contribution in [-0.4, -0.2) is 40.2 Å². The van der Waals surface area contributed by atoms with Crippen molar-refractivity contribution in [3.8, 4) is 0 Å². The van der Waals surface area contributed by atoms with Crippen LogP contribution in [-0.2, 0) is 16.8 Å². The van der Waals surface area contributed by atoms with E-state index >= 15 is 0 Å². The maximum absolute atomic E-state index is 10.5. The number of hydrogen-bond donors (Lipinski definition) is 3. The highest BCUT2D eigenvalue weighted by Crippen LogP contribution is 2.42. The van der Waals surface area contributed by atoms with Crippen molar-refractivity contribution in [1.82, 2.24) is 0 Å². The molecule has 5 atom stereocenters. The quantitative estimate of drug-likeness (QED) is 0.767. The first-order valence-corrected chi connectivity index (χ1v) is 9.88. The van der Waals surface area contributed by atoms with E-state index in [1.54, 1.807) is 11.3 Å². The summed E-state index contributed by atoms with van der Waals surface area (Å²) in [6.07, 6.45) is -1.97. The van der Waals surface area contributed by atoms with Gasteiger partial charge in [-0.1, -0.05) is 25.1 Å². The molecule has 3 rings (SSSR count). The Balaban J connectivity index is 1.96. The molecule has 0 bridgehead atoms. The monoisotopic (exact) mass is 376 g/mol. The molecule has 0 aliphatic carbocycles. The van der Waals surface area contributed by atoms with Gasteiger partial charge in [-0.05, 0) is 49.6 Å². The van der Waals surface area contributed by atoms with Gasteiger partial charge in [0.05, 0.1) is 18.3 Å². The van der Waals surface area contributed by atoms with Crippen LogP contribution in [0, 0.1) is 19.8 Å². The van der Waals surface area contributed by atoms with Crippen molar-refractivity contribution in [2.75, 3.05) is 6.61 Å². The molecule has 2 heterocycles. The number of benzene rings is 1. The predicted molar refractivity (Wildman–Crippen MR) is 104 cm³/mol. The third kappa shape index (κ3) is 3.47. The minimum Gasteiger partial charge on any atom is -0.394 e. The molecule has 142 valence electrons. The highest BCUT2D eigenvalue weighted by atomic mass is 32.1. The topological polar surface area (TPSA) is 69.9 Å². The van der Waals surface area contributed by atoms with Crippen LogP contribution in [0.4, 0.5) is 0 Å². The van der Waals surface area contributed by atoms with Crippen molar-refractivity contribution in [2.24, 2.45) is 5.92 Å². The highest BCUT2D eigenvalue weighted by molar-refractivity contribution is 7.11. The van der Waals surface area contributed by atoms with Gasteiger partial charge in [0.1, 0.15) is 12.2 Å². The summed E-state index contributed by atoms with van der Waals surface area (Å²) >= 11 is 1.80. The molecule has 2 aromatic rings. The lowest BCUT2D eigenvalue weighted by Crippen LogP contribution is -2.58. The molecule has 0 amide bonds. The molecule has 0 saturated carbocycles. The summed E-state index contributed by atoms with van der Waals surface area (Å²) in [6.45, 7) is 7.69. The second-order valence-electron chi connectivity index (χ2n) is 7.55. The minimum atomic E-state index is -1.08. The van der Waals surface area contributed by atoms with Crippen LogP contribution in [0.5, 0.6) is 0 Å². The first-order chi connectivity index (χ1) is 12.3. The molecule has 1 unspecified atom stereocenters. The Hall–Kier alpha value is -1.24. The van der Waals surface area contributed by atoms with Crippen molar-refractivity contribution in [3.05, 3.63) is 56.8 Å². The van der Waals surface area contributed by atoms with E-state index in [0.29, 0.717) is 0 Å². The van der Waals surface area contributed by atoms with Crippen molar-refractivity contribution in [2.45, 2.75) is 58.0 Å². The van der Waals surface area contributed by atoms with E-state index in [-0.39, 0.29) is 12.5 Å². The van der Waals surface area contributed by atoms with Crippen LogP contribution in [0.15, 0.2) is 30.3 Å². The lowest BCUT2D eigenvalue weighted by Gasteiger charge is -2.48. The summed E-state index contributed by atoms with van der Waals surface area (Å²) < 4.78 is 6.10. The van der Waals surface area contributed by atoms with Gasteiger partial charge < -0.3 is 20.1 Å². The molecule has 1 aromatic carbocycles. The van der Waals surface area contributed by atoms with Crippen molar-refractivity contribution in [3.63, 3.8) is 0 Å². The lowest BCUT2D eigenvalue weighted by molar-refractivity contribution is -0.250. The lowest BCUT2D eigenvalue weighted by atomic mass is 9.75. The number of aliphatic hydroxyl groups is 3. The van der Waals surface area contributed by atoms with Crippen molar-refractivity contribution in [1.29, 1.82) is 0 Å². The molecule has 4 nitrogen and oxygen atoms in total. The Morgan fingerprint density at radius 2 is 1.85 bits per heavy atom. The van der Waals surface area contributed by atoms with Gasteiger partial charge in [-0.25, -0.2) is 0 Å². The molecule has 26 heavy (non-hydrogen) atoms. The zero-order valence-electron chi connectivity index (χ0n) is 15.8. The van der Waals surface area contributed by atoms with Crippen LogP contribution in [0.1, 0.15) is 40.3 Å². The van der Waals surface area contributed by atoms with Gasteiger partial charge in [0, 0.05) is 22.1 Å². The summed E-state index contributed by atoms with van der Waals surface area (Å²) in [5, 5.41) is 30.2. The number of hydrogen-bond acceptors (Lipinski definition) is 5. The van der Waals surface area contributed by atoms with Crippen LogP contribution in [0.3, 0.4) is 0 Å². The molecular formula is C21H28O4S. The van der Waals surface area contributed by atoms with Gasteiger partial charge in [0.2, 0.25) is 0 Å². The Morgan fingerprint density at radius 1 is 1.12 bits per heavy atom. The molecule has 5 heteroatoms. The fraction of sp³-hybridized carbons (Fsp3) is 0.524. The number of aliphatic hydroxyl groups excluding tert-OH is 3. The van der Waals surface area contributed by atoms with Gasteiger partial charge in [-0.2, -0.15) is 0 Å². The largest absolute Gasteiger partial charge is 0.394 e. The Bertz CT molecular complexity index is 769. The highest BCUT2D eigenvalue weighted by Gasteiger charge is 2.49. The zero-order chi connectivity index (χ0) is 19.1. The zero-order valence-corrected chi connectivity index (χ0v) is 16.6. The molecule has 1 fully saturated rings. The Kier molecular flexibility index (Phi) is 5.56. The van der Waals surface area contributed by atoms with Gasteiger partial charge in [0.15, 0.2) is 0 Å². The fourth-order valence-electron chi connectivity index (χ4n) is 3.75. The molecule has 1 aromatic heterocycles. The first kappa shape index (κ1) is 19.5. The molecule has 0 radical (unpaired) electrons. The minimum absolute atomic E-state index is 0.306. The van der Waals surface area contributed by atoms with Gasteiger partial charge in [-0.15, -0.1) is 11.3 Å². The Labute approximate surface area is 159 Å². The summed E-state index contributed by atoms with van der Waals surface area (Å²) in [5.74, 6) is -0.306. The van der Waals surface area contributed by atoms with Gasteiger partial charge >= 0.3 is 0 Å².